The number of hydrogen-bond acceptors (Lipinski definition) is 4. The number of piperidine rings is 1. The van der Waals surface area contributed by atoms with Crippen molar-refractivity contribution in [1.82, 2.24) is 19.7 Å². The molecule has 1 aromatic heterocycles. The van der Waals surface area contributed by atoms with Crippen LogP contribution in [0.2, 0.25) is 5.02 Å². The van der Waals surface area contributed by atoms with Crippen LogP contribution in [0.15, 0.2) is 29.4 Å². The number of fused-ring (bicyclic) bond motifs is 1. The van der Waals surface area contributed by atoms with E-state index in [-0.39, 0.29) is 5.91 Å². The third-order valence-electron chi connectivity index (χ3n) is 5.84. The summed E-state index contributed by atoms with van der Waals surface area (Å²) in [5.41, 5.74) is 0.855. The fourth-order valence-corrected chi connectivity index (χ4v) is 5.48. The number of benzene rings is 1. The van der Waals surface area contributed by atoms with E-state index in [2.05, 4.69) is 15.1 Å². The molecule has 1 aromatic carbocycles. The number of carbonyl (C=O) groups excluding carboxylic acids is 1. The lowest BCUT2D eigenvalue weighted by molar-refractivity contribution is -0.134. The molecule has 0 spiro atoms. The van der Waals surface area contributed by atoms with Crippen molar-refractivity contribution in [2.45, 2.75) is 49.7 Å². The molecule has 2 aliphatic rings. The molecule has 5 nitrogen and oxygen atoms in total. The van der Waals surface area contributed by atoms with Crippen LogP contribution in [0.25, 0.3) is 11.4 Å². The molecule has 0 unspecified atom stereocenters. The van der Waals surface area contributed by atoms with Crippen molar-refractivity contribution >= 4 is 29.3 Å². The number of rotatable bonds is 4. The Kier molecular flexibility index (Phi) is 5.74. The smallest absolute Gasteiger partial charge is 0.233 e. The Balaban J connectivity index is 1.43. The normalized spacial score (nSPS) is 22.5. The van der Waals surface area contributed by atoms with Crippen molar-refractivity contribution in [2.75, 3.05) is 12.3 Å². The molecule has 2 fully saturated rings. The van der Waals surface area contributed by atoms with E-state index in [1.165, 1.54) is 43.9 Å². The standard InChI is InChI=1S/C20H25ClN4OS/c1-24-19(15-9-3-4-10-16(15)21)22-23-20(24)27-13-18(26)25-12-6-8-14-7-2-5-11-17(14)25/h3-4,9-10,14,17H,2,5-8,11-13H2,1H3/t14-,17+/m1/s1. The number of thioether (sulfide) groups is 1. The Hall–Kier alpha value is -1.53. The Morgan fingerprint density at radius 3 is 2.81 bits per heavy atom. The first-order valence-corrected chi connectivity index (χ1v) is 11.1. The first-order chi connectivity index (χ1) is 13.1. The van der Waals surface area contributed by atoms with Gasteiger partial charge >= 0.3 is 0 Å². The Bertz CT molecular complexity index is 822. The van der Waals surface area contributed by atoms with E-state index < -0.39 is 0 Å². The van der Waals surface area contributed by atoms with Crippen LogP contribution in [0, 0.1) is 5.92 Å². The average molecular weight is 405 g/mol. The minimum atomic E-state index is 0.235. The molecule has 4 rings (SSSR count). The second-order valence-corrected chi connectivity index (χ2v) is 8.82. The van der Waals surface area contributed by atoms with Crippen molar-refractivity contribution in [1.29, 1.82) is 0 Å². The van der Waals surface area contributed by atoms with Gasteiger partial charge in [0.05, 0.1) is 10.8 Å². The summed E-state index contributed by atoms with van der Waals surface area (Å²) in [6.45, 7) is 0.907. The van der Waals surface area contributed by atoms with Gasteiger partial charge in [-0.3, -0.25) is 4.79 Å². The van der Waals surface area contributed by atoms with E-state index in [1.807, 2.05) is 35.9 Å². The summed E-state index contributed by atoms with van der Waals surface area (Å²) in [6, 6.07) is 8.07. The van der Waals surface area contributed by atoms with Crippen molar-refractivity contribution < 1.29 is 4.79 Å². The van der Waals surface area contributed by atoms with Gasteiger partial charge in [0.2, 0.25) is 5.91 Å². The van der Waals surface area contributed by atoms with Crippen molar-refractivity contribution in [2.24, 2.45) is 13.0 Å². The summed E-state index contributed by atoms with van der Waals surface area (Å²) >= 11 is 7.75. The van der Waals surface area contributed by atoms with E-state index in [4.69, 9.17) is 11.6 Å². The molecule has 0 radical (unpaired) electrons. The number of likely N-dealkylation sites (tertiary alicyclic amines) is 1. The van der Waals surface area contributed by atoms with E-state index in [0.29, 0.717) is 22.7 Å². The molecule has 0 N–H and O–H groups in total. The van der Waals surface area contributed by atoms with Gasteiger partial charge in [-0.15, -0.1) is 10.2 Å². The van der Waals surface area contributed by atoms with E-state index in [0.717, 1.165) is 29.5 Å². The van der Waals surface area contributed by atoms with Crippen molar-refractivity contribution in [3.05, 3.63) is 29.3 Å². The zero-order valence-corrected chi connectivity index (χ0v) is 17.2. The molecular weight excluding hydrogens is 380 g/mol. The van der Waals surface area contributed by atoms with Gasteiger partial charge in [-0.05, 0) is 43.7 Å². The van der Waals surface area contributed by atoms with E-state index >= 15 is 0 Å². The summed E-state index contributed by atoms with van der Waals surface area (Å²) < 4.78 is 1.92. The lowest BCUT2D eigenvalue weighted by Crippen LogP contribution is -2.50. The third-order valence-corrected chi connectivity index (χ3v) is 7.17. The van der Waals surface area contributed by atoms with Gasteiger partial charge < -0.3 is 9.47 Å². The van der Waals surface area contributed by atoms with Gasteiger partial charge in [-0.25, -0.2) is 0 Å². The van der Waals surface area contributed by atoms with Gasteiger partial charge in [0.25, 0.3) is 0 Å². The molecule has 1 saturated carbocycles. The molecule has 7 heteroatoms. The molecule has 0 bridgehead atoms. The summed E-state index contributed by atoms with van der Waals surface area (Å²) in [6.07, 6.45) is 7.45. The molecule has 144 valence electrons. The quantitative estimate of drug-likeness (QED) is 0.708. The van der Waals surface area contributed by atoms with Crippen LogP contribution in [0.3, 0.4) is 0 Å². The largest absolute Gasteiger partial charge is 0.339 e. The van der Waals surface area contributed by atoms with Gasteiger partial charge in [0.15, 0.2) is 11.0 Å². The zero-order chi connectivity index (χ0) is 18.8. The fourth-order valence-electron chi connectivity index (χ4n) is 4.46. The molecule has 27 heavy (non-hydrogen) atoms. The second-order valence-electron chi connectivity index (χ2n) is 7.47. The Labute approximate surface area is 169 Å². The van der Waals surface area contributed by atoms with Gasteiger partial charge in [0.1, 0.15) is 0 Å². The molecule has 1 amide bonds. The van der Waals surface area contributed by atoms with E-state index in [9.17, 15) is 4.79 Å². The van der Waals surface area contributed by atoms with Gasteiger partial charge in [-0.1, -0.05) is 48.3 Å². The van der Waals surface area contributed by atoms with Crippen LogP contribution >= 0.6 is 23.4 Å². The maximum absolute atomic E-state index is 12.9. The summed E-state index contributed by atoms with van der Waals surface area (Å²) in [4.78, 5) is 15.0. The van der Waals surface area contributed by atoms with Crippen LogP contribution in [0.4, 0.5) is 0 Å². The number of nitrogens with zero attached hydrogens (tertiary/aromatic N) is 4. The molecule has 2 atom stereocenters. The molecule has 1 aliphatic heterocycles. The predicted molar refractivity (Wildman–Crippen MR) is 109 cm³/mol. The van der Waals surface area contributed by atoms with Crippen molar-refractivity contribution in [3.8, 4) is 11.4 Å². The maximum atomic E-state index is 12.9. The van der Waals surface area contributed by atoms with Crippen LogP contribution in [0.5, 0.6) is 0 Å². The molecule has 2 heterocycles. The Morgan fingerprint density at radius 1 is 1.19 bits per heavy atom. The lowest BCUT2D eigenvalue weighted by Gasteiger charge is -2.44. The van der Waals surface area contributed by atoms with Crippen LogP contribution in [-0.4, -0.2) is 43.9 Å². The average Bonchev–Trinajstić information content (AvgIpc) is 3.06. The summed E-state index contributed by atoms with van der Waals surface area (Å²) in [5.74, 6) is 2.08. The number of aromatic nitrogens is 3. The number of carbonyl (C=O) groups is 1. The van der Waals surface area contributed by atoms with E-state index in [1.54, 1.807) is 0 Å². The SMILES string of the molecule is Cn1c(SCC(=O)N2CCC[C@H]3CCCC[C@@H]32)nnc1-c1ccccc1Cl. The molecule has 1 saturated heterocycles. The monoisotopic (exact) mass is 404 g/mol. The van der Waals surface area contributed by atoms with Gasteiger partial charge in [0, 0.05) is 25.2 Å². The van der Waals surface area contributed by atoms with Crippen LogP contribution in [0.1, 0.15) is 38.5 Å². The fraction of sp³-hybridized carbons (Fsp3) is 0.550. The zero-order valence-electron chi connectivity index (χ0n) is 15.6. The maximum Gasteiger partial charge on any atom is 0.233 e. The topological polar surface area (TPSA) is 51.0 Å². The minimum Gasteiger partial charge on any atom is -0.339 e. The molecule has 1 aliphatic carbocycles. The highest BCUT2D eigenvalue weighted by Crippen LogP contribution is 2.36. The van der Waals surface area contributed by atoms with Gasteiger partial charge in [-0.2, -0.15) is 0 Å². The summed E-state index contributed by atoms with van der Waals surface area (Å²) in [7, 11) is 1.92. The van der Waals surface area contributed by atoms with Crippen molar-refractivity contribution in [3.63, 3.8) is 0 Å². The first-order valence-electron chi connectivity index (χ1n) is 9.71. The van der Waals surface area contributed by atoms with Crippen LogP contribution in [-0.2, 0) is 11.8 Å². The Morgan fingerprint density at radius 2 is 1.96 bits per heavy atom. The second kappa shape index (κ2) is 8.23. The van der Waals surface area contributed by atoms with Crippen LogP contribution < -0.4 is 0 Å². The highest BCUT2D eigenvalue weighted by Gasteiger charge is 2.35. The summed E-state index contributed by atoms with van der Waals surface area (Å²) in [5, 5.41) is 9.96. The minimum absolute atomic E-state index is 0.235. The molecule has 2 aromatic rings. The predicted octanol–water partition coefficient (Wildman–Crippen LogP) is 4.41. The first kappa shape index (κ1) is 18.8. The molecular formula is C20H25ClN4OS. The highest BCUT2D eigenvalue weighted by molar-refractivity contribution is 7.99. The lowest BCUT2D eigenvalue weighted by atomic mass is 9.78. The number of amides is 1. The third kappa shape index (κ3) is 3.87. The number of halogens is 1. The number of hydrogen-bond donors (Lipinski definition) is 0. The highest BCUT2D eigenvalue weighted by atomic mass is 35.5.